The van der Waals surface area contributed by atoms with Crippen LogP contribution in [0.15, 0.2) is 48.5 Å². The highest BCUT2D eigenvalue weighted by Gasteiger charge is 2.22. The second kappa shape index (κ2) is 10.6. The maximum absolute atomic E-state index is 13.5. The number of nitrogens with zero attached hydrogens (tertiary/aromatic N) is 2. The molecule has 1 aliphatic rings. The molecule has 0 N–H and O–H groups in total. The molecule has 1 atom stereocenters. The fraction of sp³-hybridized carbons (Fsp3) is 0.409. The van der Waals surface area contributed by atoms with Gasteiger partial charge < -0.3 is 19.1 Å². The van der Waals surface area contributed by atoms with Crippen molar-refractivity contribution in [2.75, 3.05) is 51.0 Å². The molecule has 1 saturated heterocycles. The van der Waals surface area contributed by atoms with E-state index in [9.17, 15) is 8.99 Å². The number of amides is 1. The lowest BCUT2D eigenvalue weighted by Gasteiger charge is -2.36. The summed E-state index contributed by atoms with van der Waals surface area (Å²) in [5, 5.41) is 0. The highest BCUT2D eigenvalue weighted by atomic mass is 31.2. The van der Waals surface area contributed by atoms with Crippen LogP contribution in [0.5, 0.6) is 5.75 Å². The molecule has 29 heavy (non-hydrogen) atoms. The van der Waals surface area contributed by atoms with Gasteiger partial charge in [-0.25, -0.2) is 0 Å². The number of piperazine rings is 1. The van der Waals surface area contributed by atoms with Gasteiger partial charge in [-0.3, -0.25) is 4.79 Å². The summed E-state index contributed by atoms with van der Waals surface area (Å²) in [4.78, 5) is 17.0. The second-order valence-electron chi connectivity index (χ2n) is 6.88. The molecule has 1 amide bonds. The Balaban J connectivity index is 1.50. The van der Waals surface area contributed by atoms with Gasteiger partial charge in [0.1, 0.15) is 5.75 Å². The van der Waals surface area contributed by atoms with Gasteiger partial charge in [-0.15, -0.1) is 0 Å². The average molecular weight is 418 g/mol. The van der Waals surface area contributed by atoms with Gasteiger partial charge in [-0.05, 0) is 55.3 Å². The van der Waals surface area contributed by atoms with Crippen molar-refractivity contribution >= 4 is 20.1 Å². The molecule has 1 aliphatic heterocycles. The molecule has 0 bridgehead atoms. The normalized spacial score (nSPS) is 15.3. The second-order valence-corrected chi connectivity index (χ2v) is 8.22. The monoisotopic (exact) mass is 418 g/mol. The Hall–Kier alpha value is -2.17. The number of ether oxygens (including phenoxy) is 1. The zero-order valence-electron chi connectivity index (χ0n) is 17.0. The van der Waals surface area contributed by atoms with Gasteiger partial charge >= 0.3 is 0 Å². The predicted molar refractivity (Wildman–Crippen MR) is 116 cm³/mol. The molecule has 2 aromatic carbocycles. The van der Waals surface area contributed by atoms with Crippen LogP contribution in [-0.4, -0.2) is 56.9 Å². The van der Waals surface area contributed by atoms with Crippen molar-refractivity contribution in [3.63, 3.8) is 0 Å². The summed E-state index contributed by atoms with van der Waals surface area (Å²) in [7, 11) is -0.190. The van der Waals surface area contributed by atoms with Crippen molar-refractivity contribution in [3.05, 3.63) is 59.7 Å². The van der Waals surface area contributed by atoms with Crippen LogP contribution in [0.3, 0.4) is 0 Å². The maximum Gasteiger partial charge on any atom is 0.253 e. The minimum atomic E-state index is -1.85. The first kappa shape index (κ1) is 21.5. The number of aryl methyl sites for hydroxylation is 1. The van der Waals surface area contributed by atoms with E-state index in [2.05, 4.69) is 4.90 Å². The van der Waals surface area contributed by atoms with Crippen molar-refractivity contribution in [1.82, 2.24) is 4.90 Å². The van der Waals surface area contributed by atoms with E-state index in [0.29, 0.717) is 37.8 Å². The van der Waals surface area contributed by atoms with Gasteiger partial charge in [-0.2, -0.15) is 4.20 Å². The number of hydrogen-bond donors (Lipinski definition) is 0. The summed E-state index contributed by atoms with van der Waals surface area (Å²) < 4.78 is 23.7. The molecule has 1 fully saturated rings. The van der Waals surface area contributed by atoms with E-state index in [0.717, 1.165) is 30.1 Å². The highest BCUT2D eigenvalue weighted by molar-refractivity contribution is 7.46. The Bertz CT molecular complexity index is 778. The van der Waals surface area contributed by atoms with Crippen molar-refractivity contribution in [2.45, 2.75) is 13.3 Å². The Morgan fingerprint density at radius 3 is 2.28 bits per heavy atom. The van der Waals surface area contributed by atoms with Crippen molar-refractivity contribution in [1.29, 1.82) is 0 Å². The molecule has 1 heterocycles. The standard InChI is InChI=1S/C22H28FN2O3P/c1-3-28-29(23)17-12-18-4-6-19(7-5-18)22(26)25-15-13-24(14-16-25)20-8-10-21(27-2)11-9-20/h4-11H,3,12-17H2,1-2H3. The largest absolute Gasteiger partial charge is 0.497 e. The molecule has 3 rings (SSSR count). The molecular weight excluding hydrogens is 390 g/mol. The summed E-state index contributed by atoms with van der Waals surface area (Å²) in [6, 6.07) is 15.5. The first-order valence-electron chi connectivity index (χ1n) is 9.94. The number of benzene rings is 2. The SMILES string of the molecule is CCOP(F)CCc1ccc(C(=O)N2CCN(c3ccc(OC)cc3)CC2)cc1. The quantitative estimate of drug-likeness (QED) is 0.592. The fourth-order valence-corrected chi connectivity index (χ4v) is 4.22. The first-order chi connectivity index (χ1) is 14.1. The van der Waals surface area contributed by atoms with Crippen LogP contribution in [0.4, 0.5) is 9.88 Å². The third-order valence-corrected chi connectivity index (χ3v) is 6.16. The van der Waals surface area contributed by atoms with Crippen LogP contribution in [0.25, 0.3) is 0 Å². The summed E-state index contributed by atoms with van der Waals surface area (Å²) in [6.07, 6.45) is 1.01. The zero-order chi connectivity index (χ0) is 20.6. The van der Waals surface area contributed by atoms with Crippen LogP contribution in [-0.2, 0) is 10.9 Å². The smallest absolute Gasteiger partial charge is 0.253 e. The molecule has 0 aromatic heterocycles. The molecule has 0 spiro atoms. The van der Waals surface area contributed by atoms with Crippen LogP contribution in [0.1, 0.15) is 22.8 Å². The topological polar surface area (TPSA) is 42.0 Å². The number of methoxy groups -OCH3 is 1. The Kier molecular flexibility index (Phi) is 7.84. The van der Waals surface area contributed by atoms with Crippen LogP contribution in [0, 0.1) is 0 Å². The van der Waals surface area contributed by atoms with Gasteiger partial charge in [0.25, 0.3) is 5.91 Å². The Morgan fingerprint density at radius 1 is 1.03 bits per heavy atom. The number of anilines is 1. The molecule has 156 valence electrons. The molecule has 0 aliphatic carbocycles. The third-order valence-electron chi connectivity index (χ3n) is 5.05. The molecule has 2 aromatic rings. The van der Waals surface area contributed by atoms with E-state index in [1.165, 1.54) is 0 Å². The molecule has 0 radical (unpaired) electrons. The number of carbonyl (C=O) groups is 1. The number of carbonyl (C=O) groups excluding carboxylic acids is 1. The van der Waals surface area contributed by atoms with Gasteiger partial charge in [-0.1, -0.05) is 12.1 Å². The van der Waals surface area contributed by atoms with Crippen LogP contribution < -0.4 is 9.64 Å². The van der Waals surface area contributed by atoms with Gasteiger partial charge in [0, 0.05) is 43.6 Å². The van der Waals surface area contributed by atoms with Gasteiger partial charge in [0.15, 0.2) is 0 Å². The molecule has 1 unspecified atom stereocenters. The van der Waals surface area contributed by atoms with Gasteiger partial charge in [0.2, 0.25) is 8.46 Å². The van der Waals surface area contributed by atoms with E-state index >= 15 is 0 Å². The summed E-state index contributed by atoms with van der Waals surface area (Å²) in [6.45, 7) is 5.18. The fourth-order valence-electron chi connectivity index (χ4n) is 3.38. The summed E-state index contributed by atoms with van der Waals surface area (Å²) in [5.74, 6) is 0.889. The maximum atomic E-state index is 13.5. The average Bonchev–Trinajstić information content (AvgIpc) is 2.78. The Morgan fingerprint density at radius 2 is 1.69 bits per heavy atom. The highest BCUT2D eigenvalue weighted by Crippen LogP contribution is 2.38. The van der Waals surface area contributed by atoms with Crippen LogP contribution in [0.2, 0.25) is 0 Å². The van der Waals surface area contributed by atoms with Crippen LogP contribution >= 0.6 is 8.46 Å². The molecule has 0 saturated carbocycles. The van der Waals surface area contributed by atoms with E-state index in [1.54, 1.807) is 14.0 Å². The molecular formula is C22H28FN2O3P. The molecule has 5 nitrogen and oxygen atoms in total. The van der Waals surface area contributed by atoms with Crippen molar-refractivity contribution < 1.29 is 18.3 Å². The Labute approximate surface area is 173 Å². The number of halogens is 1. The number of hydrogen-bond acceptors (Lipinski definition) is 4. The zero-order valence-corrected chi connectivity index (χ0v) is 17.9. The lowest BCUT2D eigenvalue weighted by atomic mass is 10.1. The molecule has 7 heteroatoms. The lowest BCUT2D eigenvalue weighted by molar-refractivity contribution is 0.0747. The van der Waals surface area contributed by atoms with E-state index in [-0.39, 0.29) is 5.91 Å². The van der Waals surface area contributed by atoms with Gasteiger partial charge in [0.05, 0.1) is 13.7 Å². The van der Waals surface area contributed by atoms with Crippen molar-refractivity contribution in [3.8, 4) is 5.75 Å². The summed E-state index contributed by atoms with van der Waals surface area (Å²) >= 11 is 0. The lowest BCUT2D eigenvalue weighted by Crippen LogP contribution is -2.48. The first-order valence-corrected chi connectivity index (χ1v) is 11.3. The van der Waals surface area contributed by atoms with Crippen molar-refractivity contribution in [2.24, 2.45) is 0 Å². The summed E-state index contributed by atoms with van der Waals surface area (Å²) in [5.41, 5.74) is 2.84. The van der Waals surface area contributed by atoms with E-state index < -0.39 is 8.46 Å². The number of rotatable bonds is 8. The van der Waals surface area contributed by atoms with E-state index in [1.807, 2.05) is 53.4 Å². The predicted octanol–water partition coefficient (Wildman–Crippen LogP) is 4.52. The minimum absolute atomic E-state index is 0.0491. The minimum Gasteiger partial charge on any atom is -0.497 e. The van der Waals surface area contributed by atoms with E-state index in [4.69, 9.17) is 9.26 Å². The third kappa shape index (κ3) is 5.91.